The molecular formula is C19H32N2O3. The molecule has 0 saturated carbocycles. The lowest BCUT2D eigenvalue weighted by molar-refractivity contribution is -0.136. The Kier molecular flexibility index (Phi) is 8.76. The molecule has 0 unspecified atom stereocenters. The van der Waals surface area contributed by atoms with Gasteiger partial charge in [0.2, 0.25) is 5.88 Å². The Bertz CT molecular complexity index is 519. The largest absolute Gasteiger partial charge is 0.478 e. The minimum absolute atomic E-state index is 0.134. The SMILES string of the molecule is CCCCC[C@](C)(OC)C(=O)Nc1ccc(OCCCC)nc1C. The van der Waals surface area contributed by atoms with Crippen molar-refractivity contribution in [1.82, 2.24) is 4.98 Å². The predicted octanol–water partition coefficient (Wildman–Crippen LogP) is 4.49. The molecule has 1 N–H and O–H groups in total. The zero-order valence-electron chi connectivity index (χ0n) is 15.8. The van der Waals surface area contributed by atoms with E-state index >= 15 is 0 Å². The molecule has 0 spiro atoms. The maximum Gasteiger partial charge on any atom is 0.256 e. The molecular weight excluding hydrogens is 304 g/mol. The summed E-state index contributed by atoms with van der Waals surface area (Å²) in [5.41, 5.74) is 0.615. The second kappa shape index (κ2) is 10.3. The van der Waals surface area contributed by atoms with Gasteiger partial charge in [-0.2, -0.15) is 0 Å². The number of pyridine rings is 1. The van der Waals surface area contributed by atoms with Gasteiger partial charge in [0, 0.05) is 13.2 Å². The summed E-state index contributed by atoms with van der Waals surface area (Å²) in [5, 5.41) is 2.94. The normalized spacial score (nSPS) is 13.4. The number of rotatable bonds is 11. The number of carbonyl (C=O) groups excluding carboxylic acids is 1. The highest BCUT2D eigenvalue weighted by Gasteiger charge is 2.32. The smallest absolute Gasteiger partial charge is 0.256 e. The average Bonchev–Trinajstić information content (AvgIpc) is 2.57. The molecule has 0 aromatic carbocycles. The van der Waals surface area contributed by atoms with Crippen LogP contribution in [0.25, 0.3) is 0 Å². The Morgan fingerprint density at radius 3 is 2.50 bits per heavy atom. The Morgan fingerprint density at radius 1 is 1.21 bits per heavy atom. The molecule has 1 rings (SSSR count). The second-order valence-electron chi connectivity index (χ2n) is 6.33. The third kappa shape index (κ3) is 6.11. The van der Waals surface area contributed by atoms with Crippen molar-refractivity contribution in [2.24, 2.45) is 0 Å². The van der Waals surface area contributed by atoms with Gasteiger partial charge in [-0.05, 0) is 32.8 Å². The van der Waals surface area contributed by atoms with E-state index in [4.69, 9.17) is 9.47 Å². The number of nitrogens with zero attached hydrogens (tertiary/aromatic N) is 1. The molecule has 24 heavy (non-hydrogen) atoms. The summed E-state index contributed by atoms with van der Waals surface area (Å²) in [7, 11) is 1.58. The van der Waals surface area contributed by atoms with E-state index < -0.39 is 5.60 Å². The summed E-state index contributed by atoms with van der Waals surface area (Å²) < 4.78 is 11.1. The zero-order valence-corrected chi connectivity index (χ0v) is 15.8. The molecule has 1 amide bonds. The molecule has 0 aliphatic carbocycles. The van der Waals surface area contributed by atoms with E-state index in [9.17, 15) is 4.79 Å². The predicted molar refractivity (Wildman–Crippen MR) is 97.6 cm³/mol. The second-order valence-corrected chi connectivity index (χ2v) is 6.33. The Morgan fingerprint density at radius 2 is 1.92 bits per heavy atom. The van der Waals surface area contributed by atoms with Crippen LogP contribution in [0.5, 0.6) is 5.88 Å². The fraction of sp³-hybridized carbons (Fsp3) is 0.684. The Balaban J connectivity index is 2.71. The van der Waals surface area contributed by atoms with Crippen molar-refractivity contribution >= 4 is 11.6 Å². The molecule has 0 aliphatic rings. The number of nitrogens with one attached hydrogen (secondary N) is 1. The van der Waals surface area contributed by atoms with E-state index in [2.05, 4.69) is 24.1 Å². The van der Waals surface area contributed by atoms with Crippen LogP contribution in [0.4, 0.5) is 5.69 Å². The summed E-state index contributed by atoms with van der Waals surface area (Å²) in [5.74, 6) is 0.460. The first-order valence-electron chi connectivity index (χ1n) is 8.93. The number of methoxy groups -OCH3 is 1. The van der Waals surface area contributed by atoms with Gasteiger partial charge in [0.05, 0.1) is 18.0 Å². The van der Waals surface area contributed by atoms with Gasteiger partial charge in [-0.15, -0.1) is 0 Å². The fourth-order valence-corrected chi connectivity index (χ4v) is 2.35. The first-order chi connectivity index (χ1) is 11.5. The third-order valence-electron chi connectivity index (χ3n) is 4.24. The number of aryl methyl sites for hydroxylation is 1. The number of hydrogen-bond acceptors (Lipinski definition) is 4. The van der Waals surface area contributed by atoms with Gasteiger partial charge >= 0.3 is 0 Å². The number of unbranched alkanes of at least 4 members (excludes halogenated alkanes) is 3. The molecule has 1 heterocycles. The van der Waals surface area contributed by atoms with Crippen LogP contribution in [0.3, 0.4) is 0 Å². The standard InChI is InChI=1S/C19H32N2O3/c1-6-8-10-13-19(4,23-5)18(22)21-16-11-12-17(20-15(16)3)24-14-9-7-2/h11-12H,6-10,13-14H2,1-5H3,(H,21,22)/t19-/m0/s1. The van der Waals surface area contributed by atoms with Crippen LogP contribution < -0.4 is 10.1 Å². The van der Waals surface area contributed by atoms with Crippen molar-refractivity contribution < 1.29 is 14.3 Å². The van der Waals surface area contributed by atoms with Crippen molar-refractivity contribution in [3.63, 3.8) is 0 Å². The number of carbonyl (C=O) groups is 1. The first kappa shape index (κ1) is 20.4. The summed E-state index contributed by atoms with van der Waals surface area (Å²) >= 11 is 0. The fourth-order valence-electron chi connectivity index (χ4n) is 2.35. The number of aromatic nitrogens is 1. The molecule has 1 aromatic rings. The Labute approximate surface area is 146 Å². The zero-order chi connectivity index (χ0) is 18.0. The van der Waals surface area contributed by atoms with Crippen LogP contribution in [0.2, 0.25) is 0 Å². The third-order valence-corrected chi connectivity index (χ3v) is 4.24. The van der Waals surface area contributed by atoms with Gasteiger partial charge < -0.3 is 14.8 Å². The summed E-state index contributed by atoms with van der Waals surface area (Å²) in [6.45, 7) is 8.62. The van der Waals surface area contributed by atoms with Gasteiger partial charge in [-0.25, -0.2) is 4.98 Å². The molecule has 0 saturated heterocycles. The summed E-state index contributed by atoms with van der Waals surface area (Å²) in [6, 6.07) is 3.63. The van der Waals surface area contributed by atoms with Gasteiger partial charge in [0.1, 0.15) is 5.60 Å². The molecule has 1 aromatic heterocycles. The molecule has 5 nitrogen and oxygen atoms in total. The number of anilines is 1. The van der Waals surface area contributed by atoms with Crippen molar-refractivity contribution in [3.8, 4) is 5.88 Å². The number of amides is 1. The topological polar surface area (TPSA) is 60.5 Å². The number of hydrogen-bond donors (Lipinski definition) is 1. The highest BCUT2D eigenvalue weighted by molar-refractivity contribution is 5.97. The number of ether oxygens (including phenoxy) is 2. The van der Waals surface area contributed by atoms with Crippen LogP contribution >= 0.6 is 0 Å². The maximum atomic E-state index is 12.6. The van der Waals surface area contributed by atoms with Crippen LogP contribution in [0.15, 0.2) is 12.1 Å². The van der Waals surface area contributed by atoms with Gasteiger partial charge in [-0.1, -0.05) is 39.5 Å². The molecule has 0 fully saturated rings. The lowest BCUT2D eigenvalue weighted by atomic mass is 9.97. The van der Waals surface area contributed by atoms with Gasteiger partial charge in [0.15, 0.2) is 0 Å². The van der Waals surface area contributed by atoms with E-state index in [-0.39, 0.29) is 5.91 Å². The molecule has 5 heteroatoms. The molecule has 1 atom stereocenters. The molecule has 0 aliphatic heterocycles. The van der Waals surface area contributed by atoms with Crippen molar-refractivity contribution in [1.29, 1.82) is 0 Å². The highest BCUT2D eigenvalue weighted by atomic mass is 16.5. The molecule has 0 bridgehead atoms. The van der Waals surface area contributed by atoms with Crippen LogP contribution in [-0.4, -0.2) is 30.2 Å². The van der Waals surface area contributed by atoms with E-state index in [0.717, 1.165) is 37.8 Å². The maximum absolute atomic E-state index is 12.6. The quantitative estimate of drug-likeness (QED) is 0.605. The van der Waals surface area contributed by atoms with Gasteiger partial charge in [-0.3, -0.25) is 4.79 Å². The minimum Gasteiger partial charge on any atom is -0.478 e. The minimum atomic E-state index is -0.822. The Hall–Kier alpha value is -1.62. The van der Waals surface area contributed by atoms with Crippen molar-refractivity contribution in [2.75, 3.05) is 19.0 Å². The van der Waals surface area contributed by atoms with Crippen LogP contribution in [-0.2, 0) is 9.53 Å². The summed E-state index contributed by atoms with van der Waals surface area (Å²) in [6.07, 6.45) is 5.97. The lowest BCUT2D eigenvalue weighted by Gasteiger charge is -2.27. The van der Waals surface area contributed by atoms with E-state index in [1.54, 1.807) is 13.2 Å². The van der Waals surface area contributed by atoms with Crippen LogP contribution in [0.1, 0.15) is 65.0 Å². The van der Waals surface area contributed by atoms with Gasteiger partial charge in [0.25, 0.3) is 5.91 Å². The van der Waals surface area contributed by atoms with E-state index in [1.165, 1.54) is 0 Å². The monoisotopic (exact) mass is 336 g/mol. The van der Waals surface area contributed by atoms with Crippen LogP contribution in [0, 0.1) is 6.92 Å². The highest BCUT2D eigenvalue weighted by Crippen LogP contribution is 2.23. The first-order valence-corrected chi connectivity index (χ1v) is 8.93. The molecule has 136 valence electrons. The average molecular weight is 336 g/mol. The summed E-state index contributed by atoms with van der Waals surface area (Å²) in [4.78, 5) is 17.0. The van der Waals surface area contributed by atoms with Crippen molar-refractivity contribution in [2.45, 2.75) is 71.8 Å². The van der Waals surface area contributed by atoms with Crippen molar-refractivity contribution in [3.05, 3.63) is 17.8 Å². The van der Waals surface area contributed by atoms with E-state index in [0.29, 0.717) is 24.6 Å². The van der Waals surface area contributed by atoms with E-state index in [1.807, 2.05) is 19.9 Å². The lowest BCUT2D eigenvalue weighted by Crippen LogP contribution is -2.42. The molecule has 0 radical (unpaired) electrons.